The van der Waals surface area contributed by atoms with Gasteiger partial charge in [-0.3, -0.25) is 9.36 Å². The van der Waals surface area contributed by atoms with Crippen molar-refractivity contribution in [3.63, 3.8) is 0 Å². The third kappa shape index (κ3) is 3.24. The van der Waals surface area contributed by atoms with Gasteiger partial charge in [0.05, 0.1) is 15.0 Å². The Morgan fingerprint density at radius 1 is 1.23 bits per heavy atom. The maximum absolute atomic E-state index is 12.2. The van der Waals surface area contributed by atoms with Crippen molar-refractivity contribution in [3.8, 4) is 5.69 Å². The van der Waals surface area contributed by atoms with Crippen LogP contribution in [0.4, 0.5) is 0 Å². The summed E-state index contributed by atoms with van der Waals surface area (Å²) in [7, 11) is 0. The minimum absolute atomic E-state index is 0.0437. The lowest BCUT2D eigenvalue weighted by Crippen LogP contribution is -2.03. The number of aromatic nitrogens is 3. The summed E-state index contributed by atoms with van der Waals surface area (Å²) in [4.78, 5) is 12.8. The van der Waals surface area contributed by atoms with E-state index in [0.29, 0.717) is 20.1 Å². The Hall–Kier alpha value is -1.63. The van der Waals surface area contributed by atoms with Gasteiger partial charge in [-0.25, -0.2) is 0 Å². The first-order valence-corrected chi connectivity index (χ1v) is 8.72. The van der Waals surface area contributed by atoms with Crippen LogP contribution in [0.1, 0.15) is 15.5 Å². The molecule has 0 bridgehead atoms. The monoisotopic (exact) mass is 349 g/mol. The normalized spacial score (nSPS) is 10.8. The molecular weight excluding hydrogens is 338 g/mol. The molecule has 7 heteroatoms. The Kier molecular flexibility index (Phi) is 4.61. The van der Waals surface area contributed by atoms with Crippen LogP contribution in [-0.4, -0.2) is 26.3 Å². The van der Waals surface area contributed by atoms with Crippen LogP contribution in [0.2, 0.25) is 4.34 Å². The molecule has 0 fully saturated rings. The first-order valence-electron chi connectivity index (χ1n) is 6.54. The quantitative estimate of drug-likeness (QED) is 0.510. The molecule has 3 rings (SSSR count). The summed E-state index contributed by atoms with van der Waals surface area (Å²) >= 11 is 8.54. The smallest absolute Gasteiger partial charge is 0.196 e. The van der Waals surface area contributed by atoms with Crippen LogP contribution < -0.4 is 0 Å². The van der Waals surface area contributed by atoms with E-state index < -0.39 is 0 Å². The zero-order valence-corrected chi connectivity index (χ0v) is 14.1. The lowest BCUT2D eigenvalue weighted by molar-refractivity contribution is 0.102. The first-order chi connectivity index (χ1) is 10.6. The number of hydrogen-bond acceptors (Lipinski definition) is 5. The van der Waals surface area contributed by atoms with Crippen molar-refractivity contribution < 1.29 is 4.79 Å². The van der Waals surface area contributed by atoms with Gasteiger partial charge < -0.3 is 0 Å². The zero-order chi connectivity index (χ0) is 15.5. The predicted molar refractivity (Wildman–Crippen MR) is 90.5 cm³/mol. The summed E-state index contributed by atoms with van der Waals surface area (Å²) < 4.78 is 2.57. The first kappa shape index (κ1) is 15.3. The number of carbonyl (C=O) groups excluding carboxylic acids is 1. The second-order valence-corrected chi connectivity index (χ2v) is 7.17. The molecule has 3 aromatic rings. The van der Waals surface area contributed by atoms with Crippen molar-refractivity contribution in [2.45, 2.75) is 12.1 Å². The van der Waals surface area contributed by atoms with Crippen LogP contribution in [0.5, 0.6) is 0 Å². The van der Waals surface area contributed by atoms with E-state index in [1.165, 1.54) is 23.1 Å². The summed E-state index contributed by atoms with van der Waals surface area (Å²) in [6.07, 6.45) is 0. The maximum atomic E-state index is 12.2. The number of benzene rings is 1. The van der Waals surface area contributed by atoms with Crippen LogP contribution in [0.25, 0.3) is 5.69 Å². The molecule has 2 heterocycles. The number of halogens is 1. The van der Waals surface area contributed by atoms with Crippen molar-refractivity contribution in [1.29, 1.82) is 0 Å². The lowest BCUT2D eigenvalue weighted by atomic mass is 10.3. The fourth-order valence-corrected chi connectivity index (χ4v) is 3.93. The fourth-order valence-electron chi connectivity index (χ4n) is 1.98. The minimum atomic E-state index is 0.0437. The molecular formula is C15H12ClN3OS2. The van der Waals surface area contributed by atoms with E-state index in [9.17, 15) is 4.79 Å². The number of nitrogens with zero attached hydrogens (tertiary/aromatic N) is 3. The Bertz CT molecular complexity index is 798. The highest BCUT2D eigenvalue weighted by molar-refractivity contribution is 7.99. The highest BCUT2D eigenvalue weighted by Gasteiger charge is 2.15. The topological polar surface area (TPSA) is 47.8 Å². The van der Waals surface area contributed by atoms with Crippen molar-refractivity contribution in [2.75, 3.05) is 5.75 Å². The molecule has 2 aromatic heterocycles. The second-order valence-electron chi connectivity index (χ2n) is 4.52. The van der Waals surface area contributed by atoms with Crippen LogP contribution in [-0.2, 0) is 0 Å². The number of para-hydroxylation sites is 1. The standard InChI is InChI=1S/C15H12ClN3OS2/c1-10-17-18-15(19(10)11-5-3-2-4-6-11)21-9-12(20)13-7-8-14(16)22-13/h2-8H,9H2,1H3. The van der Waals surface area contributed by atoms with Crippen molar-refractivity contribution in [1.82, 2.24) is 14.8 Å². The van der Waals surface area contributed by atoms with Gasteiger partial charge in [-0.15, -0.1) is 21.5 Å². The van der Waals surface area contributed by atoms with Gasteiger partial charge in [0.1, 0.15) is 5.82 Å². The van der Waals surface area contributed by atoms with Crippen LogP contribution in [0, 0.1) is 6.92 Å². The Balaban J connectivity index is 1.78. The molecule has 22 heavy (non-hydrogen) atoms. The zero-order valence-electron chi connectivity index (χ0n) is 11.7. The number of rotatable bonds is 5. The molecule has 0 saturated heterocycles. The molecule has 4 nitrogen and oxygen atoms in total. The Morgan fingerprint density at radius 2 is 2.00 bits per heavy atom. The van der Waals surface area contributed by atoms with E-state index in [1.807, 2.05) is 41.8 Å². The molecule has 0 amide bonds. The van der Waals surface area contributed by atoms with E-state index in [1.54, 1.807) is 12.1 Å². The van der Waals surface area contributed by atoms with Gasteiger partial charge in [0.25, 0.3) is 0 Å². The van der Waals surface area contributed by atoms with Gasteiger partial charge in [-0.1, -0.05) is 41.6 Å². The largest absolute Gasteiger partial charge is 0.292 e. The molecule has 1 aromatic carbocycles. The number of thioether (sulfide) groups is 1. The number of hydrogen-bond donors (Lipinski definition) is 0. The molecule has 0 N–H and O–H groups in total. The minimum Gasteiger partial charge on any atom is -0.292 e. The van der Waals surface area contributed by atoms with Gasteiger partial charge >= 0.3 is 0 Å². The highest BCUT2D eigenvalue weighted by atomic mass is 35.5. The molecule has 0 saturated carbocycles. The van der Waals surface area contributed by atoms with Gasteiger partial charge in [0, 0.05) is 5.69 Å². The average Bonchev–Trinajstić information content (AvgIpc) is 3.12. The fraction of sp³-hybridized carbons (Fsp3) is 0.133. The molecule has 112 valence electrons. The van der Waals surface area contributed by atoms with Crippen LogP contribution in [0.3, 0.4) is 0 Å². The summed E-state index contributed by atoms with van der Waals surface area (Å²) in [5.41, 5.74) is 0.985. The van der Waals surface area contributed by atoms with Gasteiger partial charge in [0.15, 0.2) is 10.9 Å². The summed E-state index contributed by atoms with van der Waals surface area (Å²) in [5.74, 6) is 1.14. The molecule has 0 atom stereocenters. The molecule has 0 radical (unpaired) electrons. The van der Waals surface area contributed by atoms with E-state index in [4.69, 9.17) is 11.6 Å². The number of carbonyl (C=O) groups is 1. The molecule has 0 unspecified atom stereocenters. The Labute approximate surface area is 141 Å². The molecule has 0 spiro atoms. The van der Waals surface area contributed by atoms with E-state index in [-0.39, 0.29) is 5.78 Å². The van der Waals surface area contributed by atoms with E-state index >= 15 is 0 Å². The van der Waals surface area contributed by atoms with Gasteiger partial charge in [0.2, 0.25) is 0 Å². The van der Waals surface area contributed by atoms with Crippen LogP contribution in [0.15, 0.2) is 47.6 Å². The average molecular weight is 350 g/mol. The predicted octanol–water partition coefficient (Wildman–Crippen LogP) is 4.27. The number of thiophene rings is 1. The molecule has 0 aliphatic rings. The third-order valence-electron chi connectivity index (χ3n) is 2.99. The van der Waals surface area contributed by atoms with Crippen LogP contribution >= 0.6 is 34.7 Å². The lowest BCUT2D eigenvalue weighted by Gasteiger charge is -2.07. The highest BCUT2D eigenvalue weighted by Crippen LogP contribution is 2.26. The van der Waals surface area contributed by atoms with Gasteiger partial charge in [-0.2, -0.15) is 0 Å². The second kappa shape index (κ2) is 6.64. The maximum Gasteiger partial charge on any atom is 0.196 e. The summed E-state index contributed by atoms with van der Waals surface area (Å²) in [6, 6.07) is 13.3. The summed E-state index contributed by atoms with van der Waals surface area (Å²) in [5, 5.41) is 8.98. The van der Waals surface area contributed by atoms with Crippen molar-refractivity contribution >= 4 is 40.5 Å². The number of Topliss-reactive ketones (excluding diaryl/α,β-unsaturated/α-hetero) is 1. The van der Waals surface area contributed by atoms with Crippen molar-refractivity contribution in [2.24, 2.45) is 0 Å². The Morgan fingerprint density at radius 3 is 2.68 bits per heavy atom. The van der Waals surface area contributed by atoms with E-state index in [2.05, 4.69) is 10.2 Å². The SMILES string of the molecule is Cc1nnc(SCC(=O)c2ccc(Cl)s2)n1-c1ccccc1. The molecule has 0 aliphatic carbocycles. The molecule has 0 aliphatic heterocycles. The van der Waals surface area contributed by atoms with E-state index in [0.717, 1.165) is 11.5 Å². The third-order valence-corrected chi connectivity index (χ3v) is 5.19. The van der Waals surface area contributed by atoms with Crippen molar-refractivity contribution in [3.05, 3.63) is 57.5 Å². The summed E-state index contributed by atoms with van der Waals surface area (Å²) in [6.45, 7) is 1.89. The number of aryl methyl sites for hydroxylation is 1. The van der Waals surface area contributed by atoms with Gasteiger partial charge in [-0.05, 0) is 31.2 Å². The number of ketones is 1.